The van der Waals surface area contributed by atoms with Crippen molar-refractivity contribution < 1.29 is 9.53 Å². The van der Waals surface area contributed by atoms with E-state index < -0.39 is 5.92 Å². The standard InChI is InChI=1S/C22H17ClN2O2/c1-27-22(26)19(15-7-3-2-4-8-15)21-20(16-10-12-17(23)13-11-16)24-18-9-5-6-14-25(18)21/h2-14,19H,1H3. The topological polar surface area (TPSA) is 43.6 Å². The van der Waals surface area contributed by atoms with Crippen LogP contribution in [0.4, 0.5) is 0 Å². The number of carbonyl (C=O) groups excluding carboxylic acids is 1. The highest BCUT2D eigenvalue weighted by molar-refractivity contribution is 6.30. The van der Waals surface area contributed by atoms with Gasteiger partial charge < -0.3 is 9.14 Å². The number of ether oxygens (including phenoxy) is 1. The van der Waals surface area contributed by atoms with Gasteiger partial charge in [-0.15, -0.1) is 0 Å². The van der Waals surface area contributed by atoms with Gasteiger partial charge in [0.2, 0.25) is 0 Å². The number of fused-ring (bicyclic) bond motifs is 1. The normalized spacial score (nSPS) is 12.1. The van der Waals surface area contributed by atoms with Crippen LogP contribution in [0.3, 0.4) is 0 Å². The molecular formula is C22H17ClN2O2. The zero-order valence-corrected chi connectivity index (χ0v) is 15.4. The Labute approximate surface area is 162 Å². The van der Waals surface area contributed by atoms with E-state index in [1.54, 1.807) is 0 Å². The summed E-state index contributed by atoms with van der Waals surface area (Å²) in [6.45, 7) is 0. The van der Waals surface area contributed by atoms with Crippen molar-refractivity contribution in [3.8, 4) is 11.3 Å². The summed E-state index contributed by atoms with van der Waals surface area (Å²) in [5.74, 6) is -0.929. The van der Waals surface area contributed by atoms with Crippen LogP contribution in [-0.2, 0) is 9.53 Å². The summed E-state index contributed by atoms with van der Waals surface area (Å²) in [6.07, 6.45) is 1.91. The van der Waals surface area contributed by atoms with Gasteiger partial charge in [0.15, 0.2) is 0 Å². The lowest BCUT2D eigenvalue weighted by Gasteiger charge is -2.17. The van der Waals surface area contributed by atoms with Crippen LogP contribution in [0.2, 0.25) is 5.02 Å². The van der Waals surface area contributed by atoms with E-state index in [1.807, 2.05) is 83.4 Å². The molecule has 4 aromatic rings. The molecule has 0 saturated carbocycles. The summed E-state index contributed by atoms with van der Waals surface area (Å²) in [4.78, 5) is 17.6. The fourth-order valence-corrected chi connectivity index (χ4v) is 3.41. The number of pyridine rings is 1. The van der Waals surface area contributed by atoms with Crippen LogP contribution in [0.5, 0.6) is 0 Å². The molecule has 2 aromatic heterocycles. The first kappa shape index (κ1) is 17.3. The number of imidazole rings is 1. The molecule has 1 unspecified atom stereocenters. The monoisotopic (exact) mass is 376 g/mol. The molecule has 27 heavy (non-hydrogen) atoms. The van der Waals surface area contributed by atoms with E-state index in [9.17, 15) is 4.79 Å². The minimum atomic E-state index is -0.598. The molecule has 134 valence electrons. The lowest BCUT2D eigenvalue weighted by atomic mass is 9.92. The highest BCUT2D eigenvalue weighted by Gasteiger charge is 2.30. The predicted octanol–water partition coefficient (Wildman–Crippen LogP) is 4.96. The smallest absolute Gasteiger partial charge is 0.319 e. The number of halogens is 1. The first-order chi connectivity index (χ1) is 13.2. The Morgan fingerprint density at radius 1 is 1.00 bits per heavy atom. The Morgan fingerprint density at radius 2 is 1.70 bits per heavy atom. The number of hydrogen-bond donors (Lipinski definition) is 0. The molecule has 4 nitrogen and oxygen atoms in total. The van der Waals surface area contributed by atoms with Gasteiger partial charge in [0.1, 0.15) is 11.6 Å². The minimum absolute atomic E-state index is 0.331. The van der Waals surface area contributed by atoms with E-state index in [0.29, 0.717) is 5.02 Å². The molecule has 2 heterocycles. The molecule has 2 aromatic carbocycles. The zero-order valence-electron chi connectivity index (χ0n) is 14.7. The number of esters is 1. The van der Waals surface area contributed by atoms with Crippen LogP contribution in [0, 0.1) is 0 Å². The molecule has 0 aliphatic rings. The summed E-state index contributed by atoms with van der Waals surface area (Å²) in [5, 5.41) is 0.650. The van der Waals surface area contributed by atoms with Gasteiger partial charge in [-0.25, -0.2) is 4.98 Å². The molecular weight excluding hydrogens is 360 g/mol. The van der Waals surface area contributed by atoms with E-state index in [4.69, 9.17) is 21.3 Å². The molecule has 0 fully saturated rings. The highest BCUT2D eigenvalue weighted by atomic mass is 35.5. The van der Waals surface area contributed by atoms with E-state index in [-0.39, 0.29) is 5.97 Å². The van der Waals surface area contributed by atoms with Crippen LogP contribution in [0.1, 0.15) is 17.2 Å². The second kappa shape index (κ2) is 7.25. The lowest BCUT2D eigenvalue weighted by molar-refractivity contribution is -0.141. The number of carbonyl (C=O) groups is 1. The molecule has 0 radical (unpaired) electrons. The van der Waals surface area contributed by atoms with Crippen molar-refractivity contribution in [1.29, 1.82) is 0 Å². The number of nitrogens with zero attached hydrogens (tertiary/aromatic N) is 2. The Hall–Kier alpha value is -3.11. The fraction of sp³-hybridized carbons (Fsp3) is 0.0909. The molecule has 4 rings (SSSR count). The lowest BCUT2D eigenvalue weighted by Crippen LogP contribution is -2.18. The Bertz CT molecular complexity index is 1090. The zero-order chi connectivity index (χ0) is 18.8. The van der Waals surface area contributed by atoms with Crippen LogP contribution in [-0.4, -0.2) is 22.5 Å². The summed E-state index contributed by atoms with van der Waals surface area (Å²) in [5.41, 5.74) is 4.01. The number of rotatable bonds is 4. The van der Waals surface area contributed by atoms with Crippen molar-refractivity contribution >= 4 is 23.2 Å². The quantitative estimate of drug-likeness (QED) is 0.473. The van der Waals surface area contributed by atoms with Gasteiger partial charge in [0, 0.05) is 16.8 Å². The summed E-state index contributed by atoms with van der Waals surface area (Å²) < 4.78 is 7.09. The Morgan fingerprint density at radius 3 is 2.41 bits per heavy atom. The van der Waals surface area contributed by atoms with Crippen LogP contribution in [0.25, 0.3) is 16.9 Å². The van der Waals surface area contributed by atoms with E-state index in [2.05, 4.69) is 0 Å². The molecule has 0 bridgehead atoms. The molecule has 1 atom stereocenters. The average Bonchev–Trinajstić information content (AvgIpc) is 3.09. The average molecular weight is 377 g/mol. The van der Waals surface area contributed by atoms with Gasteiger partial charge in [0.25, 0.3) is 0 Å². The Balaban J connectivity index is 2.02. The van der Waals surface area contributed by atoms with Crippen LogP contribution in [0.15, 0.2) is 79.0 Å². The largest absolute Gasteiger partial charge is 0.468 e. The molecule has 0 amide bonds. The fourth-order valence-electron chi connectivity index (χ4n) is 3.28. The van der Waals surface area contributed by atoms with Crippen molar-refractivity contribution in [2.45, 2.75) is 5.92 Å². The van der Waals surface area contributed by atoms with E-state index in [0.717, 1.165) is 28.2 Å². The van der Waals surface area contributed by atoms with Crippen molar-refractivity contribution in [2.75, 3.05) is 7.11 Å². The molecule has 0 N–H and O–H groups in total. The van der Waals surface area contributed by atoms with Crippen LogP contribution >= 0.6 is 11.6 Å². The van der Waals surface area contributed by atoms with E-state index >= 15 is 0 Å². The summed E-state index contributed by atoms with van der Waals surface area (Å²) in [7, 11) is 1.41. The van der Waals surface area contributed by atoms with Gasteiger partial charge in [-0.2, -0.15) is 0 Å². The molecule has 0 saturated heterocycles. The van der Waals surface area contributed by atoms with Gasteiger partial charge in [-0.05, 0) is 29.8 Å². The molecule has 0 aliphatic carbocycles. The maximum atomic E-state index is 12.8. The first-order valence-corrected chi connectivity index (χ1v) is 8.92. The van der Waals surface area contributed by atoms with Crippen molar-refractivity contribution in [2.24, 2.45) is 0 Å². The van der Waals surface area contributed by atoms with Crippen LogP contribution < -0.4 is 0 Å². The van der Waals surface area contributed by atoms with Crippen molar-refractivity contribution in [3.05, 3.63) is 95.3 Å². The summed E-state index contributed by atoms with van der Waals surface area (Å²) in [6, 6.07) is 22.8. The van der Waals surface area contributed by atoms with Crippen molar-refractivity contribution in [3.63, 3.8) is 0 Å². The number of benzene rings is 2. The van der Waals surface area contributed by atoms with E-state index in [1.165, 1.54) is 7.11 Å². The number of aromatic nitrogens is 2. The predicted molar refractivity (Wildman–Crippen MR) is 106 cm³/mol. The van der Waals surface area contributed by atoms with Gasteiger partial charge >= 0.3 is 5.97 Å². The Kier molecular flexibility index (Phi) is 4.65. The summed E-state index contributed by atoms with van der Waals surface area (Å²) >= 11 is 6.05. The van der Waals surface area contributed by atoms with Gasteiger partial charge in [-0.1, -0.05) is 60.1 Å². The maximum absolute atomic E-state index is 12.8. The van der Waals surface area contributed by atoms with Gasteiger partial charge in [-0.3, -0.25) is 4.79 Å². The molecule has 5 heteroatoms. The minimum Gasteiger partial charge on any atom is -0.468 e. The first-order valence-electron chi connectivity index (χ1n) is 8.54. The maximum Gasteiger partial charge on any atom is 0.319 e. The molecule has 0 spiro atoms. The second-order valence-corrected chi connectivity index (χ2v) is 6.58. The van der Waals surface area contributed by atoms with Gasteiger partial charge in [0.05, 0.1) is 18.5 Å². The highest BCUT2D eigenvalue weighted by Crippen LogP contribution is 2.35. The second-order valence-electron chi connectivity index (χ2n) is 6.15. The third-order valence-corrected chi connectivity index (χ3v) is 4.78. The number of hydrogen-bond acceptors (Lipinski definition) is 3. The number of methoxy groups -OCH3 is 1. The SMILES string of the molecule is COC(=O)C(c1ccccc1)c1c(-c2ccc(Cl)cc2)nc2ccccn12. The van der Waals surface area contributed by atoms with Crippen molar-refractivity contribution in [1.82, 2.24) is 9.38 Å². The third-order valence-electron chi connectivity index (χ3n) is 4.53. The third kappa shape index (κ3) is 3.20. The molecule has 0 aliphatic heterocycles.